The summed E-state index contributed by atoms with van der Waals surface area (Å²) in [6, 6.07) is 6.75. The molecule has 4 rings (SSSR count). The van der Waals surface area contributed by atoms with E-state index >= 15 is 0 Å². The van der Waals surface area contributed by atoms with Gasteiger partial charge in [0.2, 0.25) is 0 Å². The molecule has 0 radical (unpaired) electrons. The van der Waals surface area contributed by atoms with Crippen molar-refractivity contribution in [2.45, 2.75) is 13.0 Å². The number of benzene rings is 1. The lowest BCUT2D eigenvalue weighted by Crippen LogP contribution is -2.52. The second-order valence-corrected chi connectivity index (χ2v) is 6.98. The van der Waals surface area contributed by atoms with Crippen LogP contribution >= 0.6 is 24.0 Å². The number of guanidine groups is 1. The summed E-state index contributed by atoms with van der Waals surface area (Å²) in [6.45, 7) is 5.29. The largest absolute Gasteiger partial charge is 0.364 e. The Labute approximate surface area is 186 Å². The highest BCUT2D eigenvalue weighted by Gasteiger charge is 2.20. The zero-order valence-corrected chi connectivity index (χ0v) is 18.7. The number of nitrogens with zero attached hydrogens (tertiary/aromatic N) is 4. The van der Waals surface area contributed by atoms with Gasteiger partial charge in [0, 0.05) is 69.5 Å². The van der Waals surface area contributed by atoms with Gasteiger partial charge in [-0.15, -0.1) is 24.0 Å². The molecule has 1 aliphatic heterocycles. The summed E-state index contributed by atoms with van der Waals surface area (Å²) in [7, 11) is 1.81. The van der Waals surface area contributed by atoms with Gasteiger partial charge in [0.1, 0.15) is 12.1 Å². The van der Waals surface area contributed by atoms with Crippen LogP contribution in [0, 0.1) is 5.82 Å². The number of aromatic amines is 1. The number of hydrogen-bond acceptors (Lipinski definition) is 4. The van der Waals surface area contributed by atoms with Crippen LogP contribution in [0.4, 0.5) is 4.39 Å². The van der Waals surface area contributed by atoms with Gasteiger partial charge >= 0.3 is 0 Å². The Hall–Kier alpha value is -2.14. The zero-order chi connectivity index (χ0) is 19.3. The highest BCUT2D eigenvalue weighted by atomic mass is 127. The smallest absolute Gasteiger partial charge is 0.193 e. The molecule has 0 atom stereocenters. The third-order valence-corrected chi connectivity index (χ3v) is 5.17. The second kappa shape index (κ2) is 10.1. The molecule has 0 unspecified atom stereocenters. The minimum absolute atomic E-state index is 0. The maximum absolute atomic E-state index is 13.5. The Bertz CT molecular complexity index is 934. The molecule has 9 heteroatoms. The fourth-order valence-electron chi connectivity index (χ4n) is 3.66. The van der Waals surface area contributed by atoms with Crippen LogP contribution in [-0.2, 0) is 13.0 Å². The van der Waals surface area contributed by atoms with Gasteiger partial charge in [-0.3, -0.25) is 9.89 Å². The molecule has 29 heavy (non-hydrogen) atoms. The van der Waals surface area contributed by atoms with E-state index in [2.05, 4.69) is 30.2 Å². The van der Waals surface area contributed by atoms with Crippen molar-refractivity contribution in [1.29, 1.82) is 0 Å². The van der Waals surface area contributed by atoms with Gasteiger partial charge in [-0.2, -0.15) is 0 Å². The third-order valence-electron chi connectivity index (χ3n) is 5.17. The van der Waals surface area contributed by atoms with Gasteiger partial charge in [0.25, 0.3) is 0 Å². The number of rotatable bonds is 5. The molecule has 0 aliphatic carbocycles. The predicted octanol–water partition coefficient (Wildman–Crippen LogP) is 2.85. The molecule has 0 spiro atoms. The van der Waals surface area contributed by atoms with Crippen molar-refractivity contribution < 1.29 is 8.91 Å². The molecule has 1 saturated heterocycles. The van der Waals surface area contributed by atoms with Crippen LogP contribution < -0.4 is 5.32 Å². The topological polar surface area (TPSA) is 72.7 Å². The molecular weight excluding hydrogens is 486 g/mol. The minimum Gasteiger partial charge on any atom is -0.364 e. The van der Waals surface area contributed by atoms with Crippen LogP contribution in [0.1, 0.15) is 11.3 Å². The van der Waals surface area contributed by atoms with Crippen LogP contribution in [-0.4, -0.2) is 65.7 Å². The van der Waals surface area contributed by atoms with Crippen molar-refractivity contribution >= 4 is 40.8 Å². The molecule has 2 aromatic heterocycles. The average molecular weight is 512 g/mol. The SMILES string of the molecule is CN=C(NCCc1c[nH]c2ccc(F)cc12)N1CCN(Cc2ccon2)CC1.I. The van der Waals surface area contributed by atoms with E-state index in [4.69, 9.17) is 4.52 Å². The van der Waals surface area contributed by atoms with Crippen LogP contribution in [0.25, 0.3) is 10.9 Å². The van der Waals surface area contributed by atoms with E-state index in [0.29, 0.717) is 0 Å². The molecule has 0 bridgehead atoms. The maximum Gasteiger partial charge on any atom is 0.193 e. The molecule has 2 N–H and O–H groups in total. The number of fused-ring (bicyclic) bond motifs is 1. The molecule has 1 aliphatic rings. The summed E-state index contributed by atoms with van der Waals surface area (Å²) in [5, 5.41) is 8.36. The van der Waals surface area contributed by atoms with Gasteiger partial charge in [0.05, 0.1) is 5.69 Å². The van der Waals surface area contributed by atoms with Gasteiger partial charge in [0.15, 0.2) is 5.96 Å². The van der Waals surface area contributed by atoms with Crippen molar-refractivity contribution in [3.05, 3.63) is 53.8 Å². The number of halogens is 2. The second-order valence-electron chi connectivity index (χ2n) is 6.98. The molecular formula is C20H26FIN6O. The van der Waals surface area contributed by atoms with Crippen molar-refractivity contribution in [2.75, 3.05) is 39.8 Å². The summed E-state index contributed by atoms with van der Waals surface area (Å²) in [6.07, 6.45) is 4.37. The first-order valence-corrected chi connectivity index (χ1v) is 9.55. The van der Waals surface area contributed by atoms with Gasteiger partial charge in [-0.05, 0) is 30.2 Å². The fourth-order valence-corrected chi connectivity index (χ4v) is 3.66. The van der Waals surface area contributed by atoms with Crippen LogP contribution in [0.3, 0.4) is 0 Å². The number of hydrogen-bond donors (Lipinski definition) is 2. The lowest BCUT2D eigenvalue weighted by molar-refractivity contribution is 0.169. The average Bonchev–Trinajstić information content (AvgIpc) is 3.36. The normalized spacial score (nSPS) is 15.5. The van der Waals surface area contributed by atoms with Crippen molar-refractivity contribution in [2.24, 2.45) is 4.99 Å². The van der Waals surface area contributed by atoms with E-state index in [0.717, 1.165) is 73.8 Å². The molecule has 0 amide bonds. The van der Waals surface area contributed by atoms with Crippen molar-refractivity contribution in [1.82, 2.24) is 25.3 Å². The van der Waals surface area contributed by atoms with E-state index < -0.39 is 0 Å². The Kier molecular flexibility index (Phi) is 7.48. The lowest BCUT2D eigenvalue weighted by atomic mass is 10.1. The molecule has 7 nitrogen and oxygen atoms in total. The molecule has 3 heterocycles. The van der Waals surface area contributed by atoms with Crippen LogP contribution in [0.2, 0.25) is 0 Å². The van der Waals surface area contributed by atoms with E-state index in [1.165, 1.54) is 6.07 Å². The first kappa shape index (κ1) is 21.6. The third kappa shape index (κ3) is 5.27. The first-order valence-electron chi connectivity index (χ1n) is 9.55. The quantitative estimate of drug-likeness (QED) is 0.313. The summed E-state index contributed by atoms with van der Waals surface area (Å²) in [5.74, 6) is 0.702. The Morgan fingerprint density at radius 1 is 1.28 bits per heavy atom. The minimum atomic E-state index is -0.208. The number of nitrogens with one attached hydrogen (secondary N) is 2. The van der Waals surface area contributed by atoms with Gasteiger partial charge in [-0.25, -0.2) is 4.39 Å². The summed E-state index contributed by atoms with van der Waals surface area (Å²) in [4.78, 5) is 12.3. The van der Waals surface area contributed by atoms with E-state index in [1.54, 1.807) is 18.4 Å². The van der Waals surface area contributed by atoms with Gasteiger partial charge < -0.3 is 19.7 Å². The molecule has 1 aromatic carbocycles. The number of aliphatic imine (C=N–C) groups is 1. The lowest BCUT2D eigenvalue weighted by Gasteiger charge is -2.36. The fraction of sp³-hybridized carbons (Fsp3) is 0.400. The van der Waals surface area contributed by atoms with Crippen LogP contribution in [0.5, 0.6) is 0 Å². The number of piperazine rings is 1. The zero-order valence-electron chi connectivity index (χ0n) is 16.4. The Morgan fingerprint density at radius 2 is 2.10 bits per heavy atom. The first-order chi connectivity index (χ1) is 13.7. The van der Waals surface area contributed by atoms with Crippen LogP contribution in [0.15, 0.2) is 46.2 Å². The van der Waals surface area contributed by atoms with E-state index in [9.17, 15) is 4.39 Å². The Morgan fingerprint density at radius 3 is 2.83 bits per heavy atom. The molecule has 3 aromatic rings. The summed E-state index contributed by atoms with van der Waals surface area (Å²) < 4.78 is 18.4. The monoisotopic (exact) mass is 512 g/mol. The number of aromatic nitrogens is 2. The molecule has 0 saturated carbocycles. The van der Waals surface area contributed by atoms with Gasteiger partial charge in [-0.1, -0.05) is 5.16 Å². The molecule has 156 valence electrons. The maximum atomic E-state index is 13.5. The number of H-pyrrole nitrogens is 1. The summed E-state index contributed by atoms with van der Waals surface area (Å²) >= 11 is 0. The Balaban J connectivity index is 0.00000240. The highest BCUT2D eigenvalue weighted by Crippen LogP contribution is 2.19. The van der Waals surface area contributed by atoms with E-state index in [1.807, 2.05) is 19.3 Å². The van der Waals surface area contributed by atoms with Crippen molar-refractivity contribution in [3.63, 3.8) is 0 Å². The van der Waals surface area contributed by atoms with E-state index in [-0.39, 0.29) is 29.8 Å². The highest BCUT2D eigenvalue weighted by molar-refractivity contribution is 14.0. The van der Waals surface area contributed by atoms with Crippen molar-refractivity contribution in [3.8, 4) is 0 Å². The summed E-state index contributed by atoms with van der Waals surface area (Å²) in [5.41, 5.74) is 3.03. The molecule has 1 fully saturated rings. The standard InChI is InChI=1S/C20H25FN6O.HI/c1-22-20(27-9-7-26(8-10-27)14-17-5-11-28-25-17)23-6-4-15-13-24-19-3-2-16(21)12-18(15)19;/h2-3,5,11-13,24H,4,6-10,14H2,1H3,(H,22,23);1H. The predicted molar refractivity (Wildman–Crippen MR) is 122 cm³/mol.